The van der Waals surface area contributed by atoms with Crippen LogP contribution in [0.5, 0.6) is 0 Å². The number of pyridine rings is 1. The molecular formula is C19H16Cl2FN5. The van der Waals surface area contributed by atoms with Crippen LogP contribution >= 0.6 is 24.0 Å². The smallest absolute Gasteiger partial charge is 0.137 e. The minimum atomic E-state index is -0.374. The highest BCUT2D eigenvalue weighted by atomic mass is 35.5. The molecule has 0 saturated heterocycles. The summed E-state index contributed by atoms with van der Waals surface area (Å²) >= 11 is 5.94. The van der Waals surface area contributed by atoms with E-state index in [1.165, 1.54) is 6.07 Å². The van der Waals surface area contributed by atoms with E-state index in [1.54, 1.807) is 18.3 Å². The second-order valence-corrected chi connectivity index (χ2v) is 6.73. The van der Waals surface area contributed by atoms with E-state index in [4.69, 9.17) is 16.7 Å². The zero-order chi connectivity index (χ0) is 17.7. The number of aromatic amines is 1. The van der Waals surface area contributed by atoms with Crippen molar-refractivity contribution in [2.75, 3.05) is 6.54 Å². The molecule has 1 aliphatic rings. The van der Waals surface area contributed by atoms with Crippen molar-refractivity contribution in [2.24, 2.45) is 0 Å². The fourth-order valence-electron chi connectivity index (χ4n) is 3.59. The normalized spacial score (nSPS) is 13.4. The van der Waals surface area contributed by atoms with Crippen LogP contribution < -0.4 is 5.32 Å². The summed E-state index contributed by atoms with van der Waals surface area (Å²) in [7, 11) is 0. The summed E-state index contributed by atoms with van der Waals surface area (Å²) in [5.74, 6) is -0.374. The minimum Gasteiger partial charge on any atom is -0.346 e. The lowest BCUT2D eigenvalue weighted by Gasteiger charge is -2.16. The number of fused-ring (bicyclic) bond motifs is 2. The van der Waals surface area contributed by atoms with Crippen LogP contribution in [0.1, 0.15) is 5.69 Å². The van der Waals surface area contributed by atoms with E-state index in [0.717, 1.165) is 40.9 Å². The molecule has 0 bridgehead atoms. The standard InChI is InChI=1S/C19H15ClFN5.ClH/c20-11-1-2-14(15(21)9-11)18-17(16-10-22-7-8-26(16)25-18)12-3-5-23-19-13(12)4-6-24-19;/h1-6,9,22H,7-8,10H2,(H,23,24);1H. The summed E-state index contributed by atoms with van der Waals surface area (Å²) in [4.78, 5) is 7.50. The zero-order valence-electron chi connectivity index (χ0n) is 14.2. The number of aromatic nitrogens is 4. The molecule has 1 aromatic carbocycles. The Bertz CT molecular complexity index is 1130. The lowest BCUT2D eigenvalue weighted by atomic mass is 9.97. The maximum atomic E-state index is 14.7. The first-order valence-electron chi connectivity index (χ1n) is 8.40. The summed E-state index contributed by atoms with van der Waals surface area (Å²) in [6.45, 7) is 2.28. The fourth-order valence-corrected chi connectivity index (χ4v) is 3.74. The van der Waals surface area contributed by atoms with Crippen molar-refractivity contribution in [2.45, 2.75) is 13.1 Å². The highest BCUT2D eigenvalue weighted by molar-refractivity contribution is 6.30. The van der Waals surface area contributed by atoms with Crippen LogP contribution in [0.3, 0.4) is 0 Å². The third kappa shape index (κ3) is 2.90. The van der Waals surface area contributed by atoms with Crippen LogP contribution in [0.25, 0.3) is 33.4 Å². The Labute approximate surface area is 166 Å². The molecule has 0 amide bonds. The van der Waals surface area contributed by atoms with E-state index >= 15 is 0 Å². The Morgan fingerprint density at radius 2 is 2.04 bits per heavy atom. The fraction of sp³-hybridized carbons (Fsp3) is 0.158. The molecular weight excluding hydrogens is 388 g/mol. The summed E-state index contributed by atoms with van der Waals surface area (Å²) in [5.41, 5.74) is 4.86. The molecule has 0 saturated carbocycles. The number of halogens is 3. The van der Waals surface area contributed by atoms with Gasteiger partial charge in [-0.05, 0) is 35.9 Å². The third-order valence-corrected chi connectivity index (χ3v) is 5.00. The molecule has 0 radical (unpaired) electrons. The minimum absolute atomic E-state index is 0. The van der Waals surface area contributed by atoms with E-state index in [1.807, 2.05) is 23.0 Å². The van der Waals surface area contributed by atoms with E-state index in [0.29, 0.717) is 22.8 Å². The van der Waals surface area contributed by atoms with Crippen LogP contribution in [0.4, 0.5) is 4.39 Å². The Kier molecular flexibility index (Phi) is 4.63. The predicted octanol–water partition coefficient (Wildman–Crippen LogP) is 4.41. The van der Waals surface area contributed by atoms with Crippen molar-refractivity contribution in [3.8, 4) is 22.4 Å². The van der Waals surface area contributed by atoms with Crippen molar-refractivity contribution in [1.29, 1.82) is 0 Å². The SMILES string of the molecule is Cl.Fc1cc(Cl)ccc1-c1nn2c(c1-c1ccnc3[nH]ccc13)CNCC2. The highest BCUT2D eigenvalue weighted by Gasteiger charge is 2.25. The third-order valence-electron chi connectivity index (χ3n) is 4.77. The van der Waals surface area contributed by atoms with E-state index < -0.39 is 0 Å². The maximum Gasteiger partial charge on any atom is 0.137 e. The molecule has 3 aromatic heterocycles. The highest BCUT2D eigenvalue weighted by Crippen LogP contribution is 2.39. The molecule has 5 nitrogen and oxygen atoms in total. The monoisotopic (exact) mass is 403 g/mol. The molecule has 0 aliphatic carbocycles. The van der Waals surface area contributed by atoms with Crippen LogP contribution in [0, 0.1) is 5.82 Å². The molecule has 0 spiro atoms. The van der Waals surface area contributed by atoms with E-state index in [-0.39, 0.29) is 18.2 Å². The van der Waals surface area contributed by atoms with Crippen molar-refractivity contribution >= 4 is 35.0 Å². The molecule has 0 atom stereocenters. The van der Waals surface area contributed by atoms with Gasteiger partial charge in [-0.2, -0.15) is 5.10 Å². The van der Waals surface area contributed by atoms with Gasteiger partial charge in [-0.1, -0.05) is 11.6 Å². The molecule has 2 N–H and O–H groups in total. The Morgan fingerprint density at radius 3 is 2.89 bits per heavy atom. The van der Waals surface area contributed by atoms with Crippen molar-refractivity contribution in [3.63, 3.8) is 0 Å². The Morgan fingerprint density at radius 1 is 1.15 bits per heavy atom. The number of nitrogens with one attached hydrogen (secondary N) is 2. The molecule has 0 unspecified atom stereocenters. The summed E-state index contributed by atoms with van der Waals surface area (Å²) in [6.07, 6.45) is 3.62. The lowest BCUT2D eigenvalue weighted by Crippen LogP contribution is -2.28. The average Bonchev–Trinajstić information content (AvgIpc) is 3.26. The summed E-state index contributed by atoms with van der Waals surface area (Å²) < 4.78 is 16.6. The number of hydrogen-bond acceptors (Lipinski definition) is 3. The molecule has 5 rings (SSSR count). The van der Waals surface area contributed by atoms with Gasteiger partial charge in [-0.15, -0.1) is 12.4 Å². The molecule has 0 fully saturated rings. The van der Waals surface area contributed by atoms with Crippen LogP contribution in [-0.2, 0) is 13.1 Å². The number of rotatable bonds is 2. The summed E-state index contributed by atoms with van der Waals surface area (Å²) in [5, 5.41) is 9.49. The Balaban J connectivity index is 0.00000180. The summed E-state index contributed by atoms with van der Waals surface area (Å²) in [6, 6.07) is 8.66. The van der Waals surface area contributed by atoms with Gasteiger partial charge in [0.1, 0.15) is 17.2 Å². The van der Waals surface area contributed by atoms with Gasteiger partial charge >= 0.3 is 0 Å². The molecule has 4 heterocycles. The molecule has 8 heteroatoms. The largest absolute Gasteiger partial charge is 0.346 e. The molecule has 4 aromatic rings. The Hall–Kier alpha value is -2.41. The second-order valence-electron chi connectivity index (χ2n) is 6.29. The van der Waals surface area contributed by atoms with Gasteiger partial charge < -0.3 is 10.3 Å². The van der Waals surface area contributed by atoms with Crippen LogP contribution in [0.15, 0.2) is 42.7 Å². The van der Waals surface area contributed by atoms with Crippen molar-refractivity contribution in [3.05, 3.63) is 59.3 Å². The van der Waals surface area contributed by atoms with Crippen LogP contribution in [-0.4, -0.2) is 26.3 Å². The quantitative estimate of drug-likeness (QED) is 0.520. The van der Waals surface area contributed by atoms with Gasteiger partial charge in [0, 0.05) is 47.0 Å². The van der Waals surface area contributed by atoms with Crippen molar-refractivity contribution in [1.82, 2.24) is 25.1 Å². The number of H-pyrrole nitrogens is 1. The average molecular weight is 404 g/mol. The second kappa shape index (κ2) is 6.96. The van der Waals surface area contributed by atoms with Gasteiger partial charge in [0.25, 0.3) is 0 Å². The number of benzene rings is 1. The van der Waals surface area contributed by atoms with E-state index in [2.05, 4.69) is 15.3 Å². The van der Waals surface area contributed by atoms with Gasteiger partial charge in [-0.3, -0.25) is 4.68 Å². The van der Waals surface area contributed by atoms with Gasteiger partial charge in [0.2, 0.25) is 0 Å². The van der Waals surface area contributed by atoms with Gasteiger partial charge in [-0.25, -0.2) is 9.37 Å². The van der Waals surface area contributed by atoms with Crippen molar-refractivity contribution < 1.29 is 4.39 Å². The van der Waals surface area contributed by atoms with Crippen LogP contribution in [0.2, 0.25) is 5.02 Å². The first-order valence-corrected chi connectivity index (χ1v) is 8.78. The predicted molar refractivity (Wildman–Crippen MR) is 107 cm³/mol. The van der Waals surface area contributed by atoms with E-state index in [9.17, 15) is 4.39 Å². The molecule has 27 heavy (non-hydrogen) atoms. The zero-order valence-corrected chi connectivity index (χ0v) is 15.7. The maximum absolute atomic E-state index is 14.7. The topological polar surface area (TPSA) is 58.5 Å². The number of nitrogens with zero attached hydrogens (tertiary/aromatic N) is 3. The first-order chi connectivity index (χ1) is 12.7. The van der Waals surface area contributed by atoms with Gasteiger partial charge in [0.05, 0.1) is 12.2 Å². The molecule has 138 valence electrons. The first kappa shape index (κ1) is 18.0. The number of hydrogen-bond donors (Lipinski definition) is 2. The molecule has 1 aliphatic heterocycles. The lowest BCUT2D eigenvalue weighted by molar-refractivity contribution is 0.477. The van der Waals surface area contributed by atoms with Gasteiger partial charge in [0.15, 0.2) is 0 Å².